The van der Waals surface area contributed by atoms with E-state index in [0.717, 1.165) is 27.8 Å². The van der Waals surface area contributed by atoms with Crippen LogP contribution in [0.5, 0.6) is 11.5 Å². The van der Waals surface area contributed by atoms with Crippen LogP contribution in [0.2, 0.25) is 0 Å². The van der Waals surface area contributed by atoms with Gasteiger partial charge in [0.05, 0.1) is 6.61 Å². The smallest absolute Gasteiger partial charge is 0.123 e. The first-order valence-corrected chi connectivity index (χ1v) is 9.13. The summed E-state index contributed by atoms with van der Waals surface area (Å²) < 4.78 is 11.8. The van der Waals surface area contributed by atoms with Crippen molar-refractivity contribution in [2.24, 2.45) is 0 Å². The molecule has 3 aromatic carbocycles. The normalized spacial score (nSPS) is 10.3. The van der Waals surface area contributed by atoms with Gasteiger partial charge in [-0.15, -0.1) is 0 Å². The van der Waals surface area contributed by atoms with Crippen LogP contribution in [0.3, 0.4) is 0 Å². The lowest BCUT2D eigenvalue weighted by Crippen LogP contribution is -1.99. The summed E-state index contributed by atoms with van der Waals surface area (Å²) in [4.78, 5) is 0. The van der Waals surface area contributed by atoms with Gasteiger partial charge in [-0.2, -0.15) is 0 Å². The van der Waals surface area contributed by atoms with Gasteiger partial charge in [0.2, 0.25) is 0 Å². The molecule has 3 rings (SSSR count). The Hall–Kier alpha value is -3.30. The highest BCUT2D eigenvalue weighted by atomic mass is 16.5. The van der Waals surface area contributed by atoms with Gasteiger partial charge in [-0.25, -0.2) is 0 Å². The monoisotopic (exact) mass is 372 g/mol. The molecule has 1 N–H and O–H groups in total. The van der Waals surface area contributed by atoms with E-state index in [1.54, 1.807) is 0 Å². The zero-order valence-corrected chi connectivity index (χ0v) is 15.8. The summed E-state index contributed by atoms with van der Waals surface area (Å²) in [6.07, 6.45) is 3.62. The van der Waals surface area contributed by atoms with Crippen molar-refractivity contribution in [1.82, 2.24) is 0 Å². The SMILES string of the molecule is C=Cc1ccc(COc2cc(CO)cc(OCc3ccc(C=C)cc3)c2)cc1. The zero-order valence-electron chi connectivity index (χ0n) is 15.8. The molecule has 3 aromatic rings. The van der Waals surface area contributed by atoms with E-state index >= 15 is 0 Å². The van der Waals surface area contributed by atoms with Crippen molar-refractivity contribution in [3.05, 3.63) is 108 Å². The second-order valence-corrected chi connectivity index (χ2v) is 6.44. The Labute approximate surface area is 166 Å². The molecule has 0 heterocycles. The average Bonchev–Trinajstić information content (AvgIpc) is 2.76. The van der Waals surface area contributed by atoms with Gasteiger partial charge in [-0.1, -0.05) is 73.8 Å². The number of hydrogen-bond acceptors (Lipinski definition) is 3. The van der Waals surface area contributed by atoms with Crippen molar-refractivity contribution in [3.8, 4) is 11.5 Å². The van der Waals surface area contributed by atoms with E-state index in [2.05, 4.69) is 13.2 Å². The highest BCUT2D eigenvalue weighted by molar-refractivity contribution is 5.48. The number of aliphatic hydroxyl groups excluding tert-OH is 1. The second-order valence-electron chi connectivity index (χ2n) is 6.44. The van der Waals surface area contributed by atoms with Crippen molar-refractivity contribution in [2.45, 2.75) is 19.8 Å². The summed E-state index contributed by atoms with van der Waals surface area (Å²) in [7, 11) is 0. The molecule has 0 fully saturated rings. The van der Waals surface area contributed by atoms with E-state index in [-0.39, 0.29) is 6.61 Å². The summed E-state index contributed by atoms with van der Waals surface area (Å²) in [5.41, 5.74) is 5.01. The lowest BCUT2D eigenvalue weighted by molar-refractivity contribution is 0.271. The fourth-order valence-corrected chi connectivity index (χ4v) is 2.72. The third-order valence-corrected chi connectivity index (χ3v) is 4.36. The molecule has 0 bridgehead atoms. The van der Waals surface area contributed by atoms with Crippen molar-refractivity contribution in [3.63, 3.8) is 0 Å². The molecule has 0 aliphatic carbocycles. The van der Waals surface area contributed by atoms with Crippen LogP contribution in [-0.2, 0) is 19.8 Å². The maximum atomic E-state index is 9.54. The molecule has 142 valence electrons. The molecular weight excluding hydrogens is 348 g/mol. The van der Waals surface area contributed by atoms with Gasteiger partial charge in [-0.3, -0.25) is 0 Å². The third kappa shape index (κ3) is 5.35. The molecule has 0 radical (unpaired) electrons. The van der Waals surface area contributed by atoms with Crippen molar-refractivity contribution in [2.75, 3.05) is 0 Å². The molecule has 0 aliphatic heterocycles. The summed E-state index contributed by atoms with van der Waals surface area (Å²) in [6.45, 7) is 8.32. The molecule has 0 aliphatic rings. The Kier molecular flexibility index (Phi) is 6.66. The fraction of sp³-hybridized carbons (Fsp3) is 0.120. The van der Waals surface area contributed by atoms with E-state index in [1.165, 1.54) is 0 Å². The van der Waals surface area contributed by atoms with Crippen LogP contribution in [0.15, 0.2) is 79.9 Å². The fourth-order valence-electron chi connectivity index (χ4n) is 2.72. The van der Waals surface area contributed by atoms with Gasteiger partial charge in [-0.05, 0) is 39.9 Å². The lowest BCUT2D eigenvalue weighted by Gasteiger charge is -2.12. The lowest BCUT2D eigenvalue weighted by atomic mass is 10.1. The molecule has 28 heavy (non-hydrogen) atoms. The Morgan fingerprint density at radius 1 is 0.643 bits per heavy atom. The standard InChI is InChI=1S/C25H24O3/c1-3-19-5-9-21(10-6-19)17-27-24-13-23(16-26)14-25(15-24)28-18-22-11-7-20(4-2)8-12-22/h3-15,26H,1-2,16-18H2. The minimum Gasteiger partial charge on any atom is -0.489 e. The summed E-state index contributed by atoms with van der Waals surface area (Å²) in [5.74, 6) is 1.33. The van der Waals surface area contributed by atoms with Crippen molar-refractivity contribution in [1.29, 1.82) is 0 Å². The number of ether oxygens (including phenoxy) is 2. The van der Waals surface area contributed by atoms with Gasteiger partial charge in [0.25, 0.3) is 0 Å². The minimum absolute atomic E-state index is 0.0738. The summed E-state index contributed by atoms with van der Waals surface area (Å²) in [5, 5.41) is 9.54. The van der Waals surface area contributed by atoms with Gasteiger partial charge < -0.3 is 14.6 Å². The van der Waals surface area contributed by atoms with Crippen molar-refractivity contribution >= 4 is 12.2 Å². The number of aliphatic hydroxyl groups is 1. The highest BCUT2D eigenvalue weighted by Crippen LogP contribution is 2.25. The Morgan fingerprint density at radius 3 is 1.43 bits per heavy atom. The van der Waals surface area contributed by atoms with Gasteiger partial charge in [0.1, 0.15) is 24.7 Å². The van der Waals surface area contributed by atoms with Crippen LogP contribution in [0.1, 0.15) is 27.8 Å². The predicted octanol–water partition coefficient (Wildman–Crippen LogP) is 5.62. The molecule has 0 saturated carbocycles. The molecule has 0 saturated heterocycles. The quantitative estimate of drug-likeness (QED) is 0.529. The van der Waals surface area contributed by atoms with Crippen LogP contribution in [0.25, 0.3) is 12.2 Å². The van der Waals surface area contributed by atoms with Crippen LogP contribution in [0.4, 0.5) is 0 Å². The number of benzene rings is 3. The molecule has 3 nitrogen and oxygen atoms in total. The number of hydrogen-bond donors (Lipinski definition) is 1. The highest BCUT2D eigenvalue weighted by Gasteiger charge is 2.05. The second kappa shape index (κ2) is 9.58. The van der Waals surface area contributed by atoms with E-state index in [1.807, 2.05) is 78.9 Å². The predicted molar refractivity (Wildman–Crippen MR) is 114 cm³/mol. The summed E-state index contributed by atoms with van der Waals surface area (Å²) in [6, 6.07) is 21.5. The molecular formula is C25H24O3. The molecule has 0 aromatic heterocycles. The summed E-state index contributed by atoms with van der Waals surface area (Å²) >= 11 is 0. The Balaban J connectivity index is 1.66. The maximum absolute atomic E-state index is 9.54. The number of rotatable bonds is 9. The van der Waals surface area contributed by atoms with E-state index in [9.17, 15) is 5.11 Å². The van der Waals surface area contributed by atoms with Crippen LogP contribution >= 0.6 is 0 Å². The van der Waals surface area contributed by atoms with E-state index in [0.29, 0.717) is 24.7 Å². The van der Waals surface area contributed by atoms with Crippen LogP contribution in [0, 0.1) is 0 Å². The van der Waals surface area contributed by atoms with Crippen LogP contribution < -0.4 is 9.47 Å². The van der Waals surface area contributed by atoms with Gasteiger partial charge in [0.15, 0.2) is 0 Å². The molecule has 3 heteroatoms. The maximum Gasteiger partial charge on any atom is 0.123 e. The first-order chi connectivity index (χ1) is 13.7. The molecule has 0 spiro atoms. The van der Waals surface area contributed by atoms with Gasteiger partial charge >= 0.3 is 0 Å². The molecule has 0 atom stereocenters. The third-order valence-electron chi connectivity index (χ3n) is 4.36. The zero-order chi connectivity index (χ0) is 19.8. The largest absolute Gasteiger partial charge is 0.489 e. The Morgan fingerprint density at radius 2 is 1.07 bits per heavy atom. The van der Waals surface area contributed by atoms with Crippen molar-refractivity contribution < 1.29 is 14.6 Å². The minimum atomic E-state index is -0.0738. The van der Waals surface area contributed by atoms with Gasteiger partial charge in [0, 0.05) is 6.07 Å². The first kappa shape index (κ1) is 19.5. The van der Waals surface area contributed by atoms with E-state index in [4.69, 9.17) is 9.47 Å². The first-order valence-electron chi connectivity index (χ1n) is 9.13. The topological polar surface area (TPSA) is 38.7 Å². The van der Waals surface area contributed by atoms with E-state index < -0.39 is 0 Å². The van der Waals surface area contributed by atoms with Crippen LogP contribution in [-0.4, -0.2) is 5.11 Å². The Bertz CT molecular complexity index is 851. The molecule has 0 unspecified atom stereocenters. The molecule has 0 amide bonds. The average molecular weight is 372 g/mol.